The fourth-order valence-corrected chi connectivity index (χ4v) is 8.83. The van der Waals surface area contributed by atoms with Crippen molar-refractivity contribution in [2.75, 3.05) is 0 Å². The molecule has 198 valence electrons. The van der Waals surface area contributed by atoms with Gasteiger partial charge in [-0.1, -0.05) is 0 Å². The number of hydrogen-bond donors (Lipinski definition) is 0. The molecule has 0 spiro atoms. The molecule has 3 nitrogen and oxygen atoms in total. The topological polar surface area (TPSA) is 43.4 Å². The second-order valence-corrected chi connectivity index (χ2v) is 15.0. The summed E-state index contributed by atoms with van der Waals surface area (Å²) in [6.45, 7) is 19.8. The van der Waals surface area contributed by atoms with Gasteiger partial charge >= 0.3 is 224 Å². The first kappa shape index (κ1) is 28.8. The first-order valence-corrected chi connectivity index (χ1v) is 16.2. The first-order valence-electron chi connectivity index (χ1n) is 13.8. The number of hydrogen-bond acceptors (Lipinski definition) is 3. The molecule has 3 rings (SSSR count). The second kappa shape index (κ2) is 12.2. The van der Waals surface area contributed by atoms with Crippen LogP contribution in [0, 0.1) is 17.8 Å². The Labute approximate surface area is 223 Å². The standard InChI is InChI=1S/C32H46O3Se/c1-19(2)25-17-28(21(5)6)31(29(18-25)22(7)8)36(34)26-13-11-24(12-14-26)32(33)35-30-16-23(9)10-15-27(30)20(3)4/h11-14,17-23,27,30H,10,15-16H2,1-9H3. The Morgan fingerprint density at radius 3 is 1.89 bits per heavy atom. The predicted molar refractivity (Wildman–Crippen MR) is 151 cm³/mol. The van der Waals surface area contributed by atoms with Crippen LogP contribution in [0.1, 0.15) is 126 Å². The molecule has 36 heavy (non-hydrogen) atoms. The van der Waals surface area contributed by atoms with E-state index in [0.29, 0.717) is 29.2 Å². The van der Waals surface area contributed by atoms with Gasteiger partial charge in [0.05, 0.1) is 0 Å². The summed E-state index contributed by atoms with van der Waals surface area (Å²) in [6, 6.07) is 11.9. The average molecular weight is 558 g/mol. The van der Waals surface area contributed by atoms with Crippen molar-refractivity contribution in [3.63, 3.8) is 0 Å². The molecule has 4 unspecified atom stereocenters. The van der Waals surface area contributed by atoms with E-state index < -0.39 is 13.8 Å². The van der Waals surface area contributed by atoms with Gasteiger partial charge in [0.1, 0.15) is 0 Å². The van der Waals surface area contributed by atoms with Gasteiger partial charge in [-0.3, -0.25) is 0 Å². The van der Waals surface area contributed by atoms with Crippen molar-refractivity contribution in [1.82, 2.24) is 0 Å². The molecule has 0 amide bonds. The first-order chi connectivity index (χ1) is 16.9. The number of carbonyl (C=O) groups excluding carboxylic acids is 1. The van der Waals surface area contributed by atoms with Crippen LogP contribution in [0.25, 0.3) is 0 Å². The summed E-state index contributed by atoms with van der Waals surface area (Å²) in [5.41, 5.74) is 4.24. The monoisotopic (exact) mass is 558 g/mol. The average Bonchev–Trinajstić information content (AvgIpc) is 2.82. The Kier molecular flexibility index (Phi) is 9.74. The van der Waals surface area contributed by atoms with Crippen LogP contribution in [0.4, 0.5) is 0 Å². The van der Waals surface area contributed by atoms with Gasteiger partial charge in [-0.25, -0.2) is 0 Å². The molecule has 0 saturated heterocycles. The molecule has 0 radical (unpaired) electrons. The zero-order valence-electron chi connectivity index (χ0n) is 23.8. The molecule has 4 atom stereocenters. The van der Waals surface area contributed by atoms with E-state index >= 15 is 0 Å². The van der Waals surface area contributed by atoms with Crippen molar-refractivity contribution >= 4 is 28.7 Å². The normalized spacial score (nSPS) is 21.4. The van der Waals surface area contributed by atoms with Gasteiger partial charge in [0.25, 0.3) is 0 Å². The van der Waals surface area contributed by atoms with Crippen LogP contribution in [0.3, 0.4) is 0 Å². The van der Waals surface area contributed by atoms with E-state index in [-0.39, 0.29) is 23.9 Å². The molecule has 0 aliphatic heterocycles. The molecule has 4 heteroatoms. The third-order valence-corrected chi connectivity index (χ3v) is 11.0. The van der Waals surface area contributed by atoms with Crippen LogP contribution in [0.5, 0.6) is 0 Å². The van der Waals surface area contributed by atoms with Crippen molar-refractivity contribution in [2.24, 2.45) is 17.8 Å². The molecule has 0 aromatic heterocycles. The molecule has 0 N–H and O–H groups in total. The van der Waals surface area contributed by atoms with Gasteiger partial charge in [-0.2, -0.15) is 0 Å². The van der Waals surface area contributed by atoms with Gasteiger partial charge in [0.2, 0.25) is 0 Å². The maximum absolute atomic E-state index is 14.0. The van der Waals surface area contributed by atoms with E-state index in [1.807, 2.05) is 12.1 Å². The summed E-state index contributed by atoms with van der Waals surface area (Å²) in [7, 11) is 0. The summed E-state index contributed by atoms with van der Waals surface area (Å²) in [6.07, 6.45) is 3.23. The van der Waals surface area contributed by atoms with Crippen molar-refractivity contribution < 1.29 is 13.4 Å². The molecule has 1 aliphatic carbocycles. The van der Waals surface area contributed by atoms with Crippen molar-refractivity contribution in [3.8, 4) is 0 Å². The maximum atomic E-state index is 14.0. The van der Waals surface area contributed by atoms with Gasteiger partial charge in [0.15, 0.2) is 0 Å². The van der Waals surface area contributed by atoms with Gasteiger partial charge < -0.3 is 0 Å². The van der Waals surface area contributed by atoms with Crippen LogP contribution >= 0.6 is 0 Å². The van der Waals surface area contributed by atoms with E-state index in [1.165, 1.54) is 23.1 Å². The summed E-state index contributed by atoms with van der Waals surface area (Å²) >= 11 is -2.52. The van der Waals surface area contributed by atoms with Crippen LogP contribution in [0.15, 0.2) is 36.4 Å². The molecule has 1 aliphatic rings. The van der Waals surface area contributed by atoms with Crippen LogP contribution in [0.2, 0.25) is 0 Å². The molecular formula is C32H46O3Se. The Morgan fingerprint density at radius 2 is 1.42 bits per heavy atom. The fraction of sp³-hybridized carbons (Fsp3) is 0.594. The van der Waals surface area contributed by atoms with Crippen molar-refractivity contribution in [2.45, 2.75) is 105 Å². The van der Waals surface area contributed by atoms with Crippen molar-refractivity contribution in [3.05, 3.63) is 58.7 Å². The van der Waals surface area contributed by atoms with E-state index in [0.717, 1.165) is 21.8 Å². The molecule has 0 heterocycles. The van der Waals surface area contributed by atoms with E-state index in [2.05, 4.69) is 74.4 Å². The SMILES string of the molecule is CC1CCC(C(C)C)C(OC(=O)c2ccc([Se](=O)c3c(C(C)C)cc(C(C)C)cc3C(C)C)cc2)C1. The predicted octanol–water partition coefficient (Wildman–Crippen LogP) is 7.21. The van der Waals surface area contributed by atoms with Crippen LogP contribution in [-0.4, -0.2) is 25.9 Å². The molecular weight excluding hydrogens is 511 g/mol. The Morgan fingerprint density at radius 1 is 0.861 bits per heavy atom. The van der Waals surface area contributed by atoms with Crippen molar-refractivity contribution in [1.29, 1.82) is 0 Å². The molecule has 2 aromatic rings. The minimum absolute atomic E-state index is 0.0247. The molecule has 1 saturated carbocycles. The van der Waals surface area contributed by atoms with E-state index in [9.17, 15) is 8.63 Å². The minimum atomic E-state index is -2.52. The second-order valence-electron chi connectivity index (χ2n) is 12.1. The number of carbonyl (C=O) groups is 1. The molecule has 0 bridgehead atoms. The van der Waals surface area contributed by atoms with Gasteiger partial charge in [-0.15, -0.1) is 0 Å². The van der Waals surface area contributed by atoms with E-state index in [4.69, 9.17) is 4.74 Å². The van der Waals surface area contributed by atoms with Crippen LogP contribution in [-0.2, 0) is 8.57 Å². The summed E-state index contributed by atoms with van der Waals surface area (Å²) in [5.74, 6) is 2.23. The van der Waals surface area contributed by atoms with Crippen LogP contribution < -0.4 is 8.92 Å². The molecule has 1 fully saturated rings. The Balaban J connectivity index is 1.88. The number of ether oxygens (including phenoxy) is 1. The number of rotatable bonds is 8. The Bertz CT molecular complexity index is 1040. The van der Waals surface area contributed by atoms with Gasteiger partial charge in [-0.05, 0) is 0 Å². The van der Waals surface area contributed by atoms with E-state index in [1.54, 1.807) is 12.1 Å². The zero-order valence-corrected chi connectivity index (χ0v) is 25.5. The van der Waals surface area contributed by atoms with Gasteiger partial charge in [0, 0.05) is 0 Å². The number of esters is 1. The summed E-state index contributed by atoms with van der Waals surface area (Å²) < 4.78 is 21.9. The Hall–Kier alpha value is -1.77. The summed E-state index contributed by atoms with van der Waals surface area (Å²) in [5, 5.41) is 0. The third kappa shape index (κ3) is 6.56. The zero-order chi connectivity index (χ0) is 26.7. The summed E-state index contributed by atoms with van der Waals surface area (Å²) in [4.78, 5) is 13.0. The third-order valence-electron chi connectivity index (χ3n) is 7.79. The molecule has 2 aromatic carbocycles. The number of benzene rings is 2. The quantitative estimate of drug-likeness (QED) is 0.254. The fourth-order valence-electron chi connectivity index (χ4n) is 5.39.